The summed E-state index contributed by atoms with van der Waals surface area (Å²) < 4.78 is 5.45. The zero-order chi connectivity index (χ0) is 15.5. The molecule has 2 N–H and O–H groups in total. The van der Waals surface area contributed by atoms with E-state index in [1.165, 1.54) is 5.56 Å². The molecule has 1 atom stereocenters. The van der Waals surface area contributed by atoms with Gasteiger partial charge in [0.15, 0.2) is 11.6 Å². The Balaban J connectivity index is 1.69. The molecule has 1 aliphatic heterocycles. The molecule has 0 aromatic carbocycles. The largest absolute Gasteiger partial charge is 0.493 e. The first-order chi connectivity index (χ1) is 10.7. The van der Waals surface area contributed by atoms with Gasteiger partial charge in [0.2, 0.25) is 0 Å². The number of aryl methyl sites for hydroxylation is 1. The summed E-state index contributed by atoms with van der Waals surface area (Å²) in [6.07, 6.45) is 4.06. The molecule has 0 amide bonds. The summed E-state index contributed by atoms with van der Waals surface area (Å²) in [5.41, 5.74) is 7.89. The number of pyridine rings is 2. The standard InChI is InChI=1S/C17H22N4O/c1-12-3-5-15(22-2)17(20-12)21-8-7-14(11-21)9-13-4-6-16(18)19-10-13/h3-6,10,14H,7-9,11H2,1-2H3,(H2,18,19). The Hall–Kier alpha value is -2.30. The van der Waals surface area contributed by atoms with E-state index >= 15 is 0 Å². The second kappa shape index (κ2) is 6.22. The molecule has 0 saturated carbocycles. The maximum Gasteiger partial charge on any atom is 0.171 e. The first-order valence-corrected chi connectivity index (χ1v) is 7.62. The molecule has 2 aromatic rings. The van der Waals surface area contributed by atoms with Crippen molar-refractivity contribution in [2.45, 2.75) is 19.8 Å². The summed E-state index contributed by atoms with van der Waals surface area (Å²) in [6.45, 7) is 4.02. The van der Waals surface area contributed by atoms with Crippen LogP contribution in [0, 0.1) is 12.8 Å². The van der Waals surface area contributed by atoms with E-state index in [1.807, 2.05) is 31.3 Å². The second-order valence-electron chi connectivity index (χ2n) is 5.87. The van der Waals surface area contributed by atoms with Crippen molar-refractivity contribution in [1.82, 2.24) is 9.97 Å². The molecule has 5 nitrogen and oxygen atoms in total. The molecule has 22 heavy (non-hydrogen) atoms. The van der Waals surface area contributed by atoms with Crippen molar-refractivity contribution in [2.75, 3.05) is 30.8 Å². The van der Waals surface area contributed by atoms with Crippen LogP contribution in [0.5, 0.6) is 5.75 Å². The molecule has 116 valence electrons. The average molecular weight is 298 g/mol. The van der Waals surface area contributed by atoms with Crippen LogP contribution in [0.4, 0.5) is 11.6 Å². The zero-order valence-electron chi connectivity index (χ0n) is 13.1. The molecule has 2 aromatic heterocycles. The van der Waals surface area contributed by atoms with E-state index in [0.29, 0.717) is 11.7 Å². The number of methoxy groups -OCH3 is 1. The van der Waals surface area contributed by atoms with Gasteiger partial charge in [-0.2, -0.15) is 0 Å². The fourth-order valence-electron chi connectivity index (χ4n) is 3.00. The predicted octanol–water partition coefficient (Wildman–Crippen LogP) is 2.44. The number of nitrogens with two attached hydrogens (primary N) is 1. The number of nitrogens with zero attached hydrogens (tertiary/aromatic N) is 3. The van der Waals surface area contributed by atoms with Gasteiger partial charge in [-0.25, -0.2) is 9.97 Å². The Morgan fingerprint density at radius 2 is 2.18 bits per heavy atom. The van der Waals surface area contributed by atoms with Crippen LogP contribution in [0.25, 0.3) is 0 Å². The van der Waals surface area contributed by atoms with Crippen molar-refractivity contribution in [3.63, 3.8) is 0 Å². The van der Waals surface area contributed by atoms with E-state index in [4.69, 9.17) is 10.5 Å². The first-order valence-electron chi connectivity index (χ1n) is 7.62. The highest BCUT2D eigenvalue weighted by molar-refractivity contribution is 5.53. The summed E-state index contributed by atoms with van der Waals surface area (Å²) >= 11 is 0. The number of rotatable bonds is 4. The molecule has 3 heterocycles. The number of anilines is 2. The van der Waals surface area contributed by atoms with Crippen molar-refractivity contribution in [2.24, 2.45) is 5.92 Å². The van der Waals surface area contributed by atoms with Crippen LogP contribution in [-0.2, 0) is 6.42 Å². The van der Waals surface area contributed by atoms with Crippen molar-refractivity contribution >= 4 is 11.6 Å². The fraction of sp³-hybridized carbons (Fsp3) is 0.412. The minimum atomic E-state index is 0.575. The van der Waals surface area contributed by atoms with Crippen LogP contribution < -0.4 is 15.4 Å². The Kier molecular flexibility index (Phi) is 4.13. The number of hydrogen-bond acceptors (Lipinski definition) is 5. The maximum absolute atomic E-state index is 5.64. The van der Waals surface area contributed by atoms with Gasteiger partial charge in [0.25, 0.3) is 0 Å². The smallest absolute Gasteiger partial charge is 0.171 e. The third-order valence-electron chi connectivity index (χ3n) is 4.16. The van der Waals surface area contributed by atoms with Crippen molar-refractivity contribution in [3.8, 4) is 5.75 Å². The molecule has 0 bridgehead atoms. The van der Waals surface area contributed by atoms with Gasteiger partial charge in [0.05, 0.1) is 7.11 Å². The number of hydrogen-bond donors (Lipinski definition) is 1. The highest BCUT2D eigenvalue weighted by atomic mass is 16.5. The third-order valence-corrected chi connectivity index (χ3v) is 4.16. The zero-order valence-corrected chi connectivity index (χ0v) is 13.1. The number of aromatic nitrogens is 2. The van der Waals surface area contributed by atoms with Gasteiger partial charge in [0, 0.05) is 25.0 Å². The predicted molar refractivity (Wildman–Crippen MR) is 88.2 cm³/mol. The van der Waals surface area contributed by atoms with Crippen molar-refractivity contribution in [1.29, 1.82) is 0 Å². The molecule has 1 saturated heterocycles. The normalized spacial score (nSPS) is 17.7. The van der Waals surface area contributed by atoms with E-state index in [2.05, 4.69) is 20.9 Å². The van der Waals surface area contributed by atoms with Gasteiger partial charge in [0.1, 0.15) is 5.82 Å². The van der Waals surface area contributed by atoms with Gasteiger partial charge in [-0.3, -0.25) is 0 Å². The molecule has 0 spiro atoms. The molecule has 5 heteroatoms. The number of ether oxygens (including phenoxy) is 1. The maximum atomic E-state index is 5.64. The third kappa shape index (κ3) is 3.13. The minimum Gasteiger partial charge on any atom is -0.493 e. The number of nitrogen functional groups attached to an aromatic ring is 1. The van der Waals surface area contributed by atoms with Crippen LogP contribution in [-0.4, -0.2) is 30.2 Å². The quantitative estimate of drug-likeness (QED) is 0.939. The van der Waals surface area contributed by atoms with Crippen LogP contribution in [0.2, 0.25) is 0 Å². The monoisotopic (exact) mass is 298 g/mol. The lowest BCUT2D eigenvalue weighted by molar-refractivity contribution is 0.412. The van der Waals surface area contributed by atoms with Gasteiger partial charge in [-0.05, 0) is 49.4 Å². The molecular weight excluding hydrogens is 276 g/mol. The highest BCUT2D eigenvalue weighted by Crippen LogP contribution is 2.31. The van der Waals surface area contributed by atoms with Gasteiger partial charge in [-0.1, -0.05) is 6.07 Å². The summed E-state index contributed by atoms with van der Waals surface area (Å²) in [6, 6.07) is 7.91. The van der Waals surface area contributed by atoms with Gasteiger partial charge >= 0.3 is 0 Å². The van der Waals surface area contributed by atoms with Crippen LogP contribution in [0.3, 0.4) is 0 Å². The average Bonchev–Trinajstić information content (AvgIpc) is 2.98. The molecule has 0 aliphatic carbocycles. The lowest BCUT2D eigenvalue weighted by Gasteiger charge is -2.20. The van der Waals surface area contributed by atoms with E-state index in [0.717, 1.165) is 43.2 Å². The van der Waals surface area contributed by atoms with Crippen LogP contribution in [0.1, 0.15) is 17.7 Å². The molecule has 1 unspecified atom stereocenters. The summed E-state index contributed by atoms with van der Waals surface area (Å²) in [7, 11) is 1.70. The Bertz CT molecular complexity index is 642. The SMILES string of the molecule is COc1ccc(C)nc1N1CCC(Cc2ccc(N)nc2)C1. The van der Waals surface area contributed by atoms with Crippen molar-refractivity contribution < 1.29 is 4.74 Å². The molecule has 3 rings (SSSR count). The van der Waals surface area contributed by atoms with E-state index < -0.39 is 0 Å². The first kappa shape index (κ1) is 14.6. The lowest BCUT2D eigenvalue weighted by Crippen LogP contribution is -2.22. The van der Waals surface area contributed by atoms with E-state index in [-0.39, 0.29) is 0 Å². The molecular formula is C17H22N4O. The minimum absolute atomic E-state index is 0.575. The Morgan fingerprint density at radius 1 is 1.32 bits per heavy atom. The van der Waals surface area contributed by atoms with Crippen LogP contribution >= 0.6 is 0 Å². The van der Waals surface area contributed by atoms with E-state index in [1.54, 1.807) is 7.11 Å². The lowest BCUT2D eigenvalue weighted by atomic mass is 10.00. The van der Waals surface area contributed by atoms with Gasteiger partial charge < -0.3 is 15.4 Å². The van der Waals surface area contributed by atoms with Crippen LogP contribution in [0.15, 0.2) is 30.5 Å². The van der Waals surface area contributed by atoms with E-state index in [9.17, 15) is 0 Å². The summed E-state index contributed by atoms with van der Waals surface area (Å²) in [5.74, 6) is 2.99. The topological polar surface area (TPSA) is 64.3 Å². The Labute approximate surface area is 131 Å². The second-order valence-corrected chi connectivity index (χ2v) is 5.87. The summed E-state index contributed by atoms with van der Waals surface area (Å²) in [5, 5.41) is 0. The van der Waals surface area contributed by atoms with Crippen molar-refractivity contribution in [3.05, 3.63) is 41.7 Å². The molecule has 1 aliphatic rings. The van der Waals surface area contributed by atoms with Gasteiger partial charge in [-0.15, -0.1) is 0 Å². The molecule has 1 fully saturated rings. The highest BCUT2D eigenvalue weighted by Gasteiger charge is 2.26. The Morgan fingerprint density at radius 3 is 2.91 bits per heavy atom. The molecule has 0 radical (unpaired) electrons. The summed E-state index contributed by atoms with van der Waals surface area (Å²) in [4.78, 5) is 11.1. The fourth-order valence-corrected chi connectivity index (χ4v) is 3.00.